The van der Waals surface area contributed by atoms with Crippen molar-refractivity contribution in [3.63, 3.8) is 0 Å². The normalized spacial score (nSPS) is 12.7. The molecule has 0 aliphatic rings. The molecule has 0 aromatic carbocycles. The molecule has 0 aliphatic heterocycles. The van der Waals surface area contributed by atoms with Crippen LogP contribution in [0.5, 0.6) is 5.88 Å². The molecule has 3 N–H and O–H groups in total. The van der Waals surface area contributed by atoms with Crippen LogP contribution in [0.4, 0.5) is 0 Å². The maximum Gasteiger partial charge on any atom is 0.303 e. The molecule has 0 radical (unpaired) electrons. The van der Waals surface area contributed by atoms with Gasteiger partial charge >= 0.3 is 5.65 Å². The second kappa shape index (κ2) is 8.15. The fraction of sp³-hybridized carbons (Fsp3) is 0.350. The monoisotopic (exact) mass is 457 g/mol. The van der Waals surface area contributed by atoms with Gasteiger partial charge in [-0.1, -0.05) is 42.5 Å². The fourth-order valence-electron chi connectivity index (χ4n) is 2.94. The van der Waals surface area contributed by atoms with Gasteiger partial charge in [0.1, 0.15) is 11.3 Å². The van der Waals surface area contributed by atoms with E-state index < -0.39 is 11.9 Å². The highest BCUT2D eigenvalue weighted by Crippen LogP contribution is 2.25. The number of fused-ring (bicyclic) bond motifs is 1. The molecule has 11 nitrogen and oxygen atoms in total. The lowest BCUT2D eigenvalue weighted by Crippen LogP contribution is -2.27. The second-order valence-electron chi connectivity index (χ2n) is 8.19. The van der Waals surface area contributed by atoms with Crippen LogP contribution in [-0.4, -0.2) is 43.1 Å². The van der Waals surface area contributed by atoms with Crippen LogP contribution in [0.15, 0.2) is 23.1 Å². The van der Waals surface area contributed by atoms with Gasteiger partial charge < -0.3 is 14.6 Å². The smallest absolute Gasteiger partial charge is 0.303 e. The summed E-state index contributed by atoms with van der Waals surface area (Å²) < 4.78 is 10.5. The third-order valence-electron chi connectivity index (χ3n) is 4.69. The number of halogens is 1. The Morgan fingerprint density at radius 2 is 2.09 bits per heavy atom. The Bertz CT molecular complexity index is 1290. The summed E-state index contributed by atoms with van der Waals surface area (Å²) in [6, 6.07) is 1.21. The number of rotatable bonds is 5. The minimum Gasteiger partial charge on any atom is -0.480 e. The molecular weight excluding hydrogens is 436 g/mol. The molecule has 0 saturated heterocycles. The molecule has 0 spiro atoms. The quantitative estimate of drug-likeness (QED) is 0.465. The maximum absolute atomic E-state index is 12.6. The van der Waals surface area contributed by atoms with Gasteiger partial charge in [0.05, 0.1) is 19.3 Å². The molecule has 0 aliphatic carbocycles. The van der Waals surface area contributed by atoms with E-state index in [9.17, 15) is 4.79 Å². The number of nitrogens with zero attached hydrogens (tertiary/aromatic N) is 5. The van der Waals surface area contributed by atoms with Crippen molar-refractivity contribution in [3.8, 4) is 17.4 Å². The maximum atomic E-state index is 12.6. The number of aromatic nitrogens is 7. The van der Waals surface area contributed by atoms with Gasteiger partial charge in [0.2, 0.25) is 11.7 Å². The van der Waals surface area contributed by atoms with E-state index in [0.717, 1.165) is 11.3 Å². The molecule has 4 heterocycles. The summed E-state index contributed by atoms with van der Waals surface area (Å²) >= 11 is 6.13. The van der Waals surface area contributed by atoms with Gasteiger partial charge in [-0.25, -0.2) is 19.9 Å². The Balaban J connectivity index is 1.54. The SMILES string of the molecule is COc1ncnc(C(=O)N[C@H](C)c2cc(-c3[nH]c4cnc(C(C)(C)C)nc4[nH+]3)no2)c1Cl. The fourth-order valence-corrected chi connectivity index (χ4v) is 3.20. The zero-order chi connectivity index (χ0) is 23.0. The third kappa shape index (κ3) is 4.11. The van der Waals surface area contributed by atoms with Crippen LogP contribution in [0, 0.1) is 0 Å². The van der Waals surface area contributed by atoms with Gasteiger partial charge in [0, 0.05) is 11.5 Å². The van der Waals surface area contributed by atoms with Crippen LogP contribution in [-0.2, 0) is 5.41 Å². The number of amides is 1. The van der Waals surface area contributed by atoms with Crippen LogP contribution in [0.25, 0.3) is 22.7 Å². The van der Waals surface area contributed by atoms with Gasteiger partial charge in [-0.15, -0.1) is 0 Å². The summed E-state index contributed by atoms with van der Waals surface area (Å²) in [6.45, 7) is 7.90. The number of aromatic amines is 2. The van der Waals surface area contributed by atoms with E-state index in [0.29, 0.717) is 22.9 Å². The number of imidazole rings is 1. The first kappa shape index (κ1) is 21.6. The number of H-pyrrole nitrogens is 2. The highest BCUT2D eigenvalue weighted by Gasteiger charge is 2.25. The molecule has 1 atom stereocenters. The van der Waals surface area contributed by atoms with E-state index in [4.69, 9.17) is 20.9 Å². The Morgan fingerprint density at radius 3 is 2.81 bits per heavy atom. The number of hydrogen-bond acceptors (Lipinski definition) is 8. The van der Waals surface area contributed by atoms with Crippen molar-refractivity contribution >= 4 is 28.7 Å². The predicted octanol–water partition coefficient (Wildman–Crippen LogP) is 2.67. The molecule has 4 aromatic heterocycles. The average molecular weight is 458 g/mol. The number of hydrogen-bond donors (Lipinski definition) is 2. The van der Waals surface area contributed by atoms with Crippen LogP contribution in [0.1, 0.15) is 55.8 Å². The second-order valence-corrected chi connectivity index (χ2v) is 8.56. The first-order chi connectivity index (χ1) is 15.2. The van der Waals surface area contributed by atoms with E-state index in [1.165, 1.54) is 13.4 Å². The van der Waals surface area contributed by atoms with Crippen molar-refractivity contribution in [3.05, 3.63) is 40.9 Å². The predicted molar refractivity (Wildman–Crippen MR) is 114 cm³/mol. The molecular formula is C20H22ClN8O3+. The van der Waals surface area contributed by atoms with Gasteiger partial charge in [-0.2, -0.15) is 0 Å². The first-order valence-corrected chi connectivity index (χ1v) is 10.2. The lowest BCUT2D eigenvalue weighted by atomic mass is 9.96. The van der Waals surface area contributed by atoms with Gasteiger partial charge in [-0.05, 0) is 6.92 Å². The van der Waals surface area contributed by atoms with Gasteiger partial charge in [-0.3, -0.25) is 9.78 Å². The van der Waals surface area contributed by atoms with Crippen molar-refractivity contribution in [2.24, 2.45) is 0 Å². The number of carbonyl (C=O) groups excluding carboxylic acids is 1. The first-order valence-electron chi connectivity index (χ1n) is 9.78. The van der Waals surface area contributed by atoms with Gasteiger partial charge in [0.25, 0.3) is 11.7 Å². The van der Waals surface area contributed by atoms with Crippen LogP contribution in [0.3, 0.4) is 0 Å². The molecule has 4 rings (SSSR count). The molecule has 0 unspecified atom stereocenters. The largest absolute Gasteiger partial charge is 0.480 e. The van der Waals surface area contributed by atoms with Crippen molar-refractivity contribution in [1.82, 2.24) is 35.4 Å². The summed E-state index contributed by atoms with van der Waals surface area (Å²) in [7, 11) is 1.41. The minimum absolute atomic E-state index is 0.00211. The Kier molecular flexibility index (Phi) is 5.51. The molecule has 4 aromatic rings. The van der Waals surface area contributed by atoms with Crippen molar-refractivity contribution in [2.75, 3.05) is 7.11 Å². The number of nitrogens with one attached hydrogen (secondary N) is 3. The molecule has 0 fully saturated rings. The lowest BCUT2D eigenvalue weighted by molar-refractivity contribution is -0.334. The van der Waals surface area contributed by atoms with E-state index in [-0.39, 0.29) is 22.0 Å². The van der Waals surface area contributed by atoms with Crippen molar-refractivity contribution < 1.29 is 19.0 Å². The molecule has 166 valence electrons. The van der Waals surface area contributed by atoms with Crippen LogP contribution in [0.2, 0.25) is 5.02 Å². The van der Waals surface area contributed by atoms with Crippen molar-refractivity contribution in [1.29, 1.82) is 0 Å². The summed E-state index contributed by atoms with van der Waals surface area (Å²) in [4.78, 5) is 35.8. The Morgan fingerprint density at radius 1 is 1.31 bits per heavy atom. The van der Waals surface area contributed by atoms with E-state index in [2.05, 4.69) is 40.4 Å². The highest BCUT2D eigenvalue weighted by molar-refractivity contribution is 6.34. The average Bonchev–Trinajstić information content (AvgIpc) is 3.39. The number of methoxy groups -OCH3 is 1. The molecule has 32 heavy (non-hydrogen) atoms. The topological polar surface area (TPSA) is 146 Å². The highest BCUT2D eigenvalue weighted by atomic mass is 35.5. The van der Waals surface area contributed by atoms with Crippen LogP contribution < -0.4 is 15.0 Å². The number of carbonyl (C=O) groups is 1. The Labute approximate surface area is 188 Å². The zero-order valence-corrected chi connectivity index (χ0v) is 18.9. The molecule has 0 saturated carbocycles. The van der Waals surface area contributed by atoms with E-state index in [1.807, 2.05) is 20.8 Å². The van der Waals surface area contributed by atoms with Crippen LogP contribution >= 0.6 is 11.6 Å². The number of ether oxygens (including phenoxy) is 1. The Hall–Kier alpha value is -3.60. The summed E-state index contributed by atoms with van der Waals surface area (Å²) in [5.41, 5.74) is 1.76. The third-order valence-corrected chi connectivity index (χ3v) is 5.03. The standard InChI is InChI=1S/C20H21ClN8O3/c1-9(25-17(30)14-13(21)18(31-5)24-8-23-14)12-6-10(29-32-12)15-26-11-7-22-19(20(2,3)4)28-16(11)27-15/h6-9H,1-5H3,(H,25,30)(H,22,26,27,28)/p+1/t9-/m1/s1. The summed E-state index contributed by atoms with van der Waals surface area (Å²) in [6.07, 6.45) is 2.93. The van der Waals surface area contributed by atoms with E-state index in [1.54, 1.807) is 19.2 Å². The van der Waals surface area contributed by atoms with Gasteiger partial charge in [0.15, 0.2) is 22.7 Å². The zero-order valence-electron chi connectivity index (χ0n) is 18.1. The van der Waals surface area contributed by atoms with E-state index >= 15 is 0 Å². The molecule has 0 bridgehead atoms. The molecule has 12 heteroatoms. The molecule has 1 amide bonds. The summed E-state index contributed by atoms with van der Waals surface area (Å²) in [5.74, 6) is 1.40. The van der Waals surface area contributed by atoms with Crippen molar-refractivity contribution in [2.45, 2.75) is 39.2 Å². The summed E-state index contributed by atoms with van der Waals surface area (Å²) in [5, 5.41) is 6.89. The minimum atomic E-state index is -0.502. The lowest BCUT2D eigenvalue weighted by Gasteiger charge is -2.11.